The Balaban J connectivity index is 1.15. The summed E-state index contributed by atoms with van der Waals surface area (Å²) in [6, 6.07) is 9.10. The third-order valence-corrected chi connectivity index (χ3v) is 6.48. The second-order valence-electron chi connectivity index (χ2n) is 9.24. The second-order valence-corrected chi connectivity index (χ2v) is 9.24. The van der Waals surface area contributed by atoms with Crippen molar-refractivity contribution < 1.29 is 13.7 Å². The molecule has 2 saturated heterocycles. The van der Waals surface area contributed by atoms with E-state index in [-0.39, 0.29) is 5.82 Å². The molecule has 0 amide bonds. The van der Waals surface area contributed by atoms with Gasteiger partial charge in [0.2, 0.25) is 5.88 Å². The van der Waals surface area contributed by atoms with Gasteiger partial charge in [-0.25, -0.2) is 9.37 Å². The van der Waals surface area contributed by atoms with Gasteiger partial charge in [-0.05, 0) is 50.7 Å². The minimum Gasteiger partial charge on any atom is -0.477 e. The third kappa shape index (κ3) is 4.56. The predicted octanol–water partition coefficient (Wildman–Crippen LogP) is 3.40. The Morgan fingerprint density at radius 1 is 1.16 bits per heavy atom. The van der Waals surface area contributed by atoms with Gasteiger partial charge < -0.3 is 19.1 Å². The molecule has 0 unspecified atom stereocenters. The number of ether oxygens (including phenoxy) is 1. The number of nitrogens with zero attached hydrogens (tertiary/aromatic N) is 5. The highest BCUT2D eigenvalue weighted by molar-refractivity contribution is 5.88. The van der Waals surface area contributed by atoms with E-state index < -0.39 is 0 Å². The maximum absolute atomic E-state index is 13.7. The zero-order valence-corrected chi connectivity index (χ0v) is 18.7. The van der Waals surface area contributed by atoms with Gasteiger partial charge in [-0.2, -0.15) is 0 Å². The first-order valence-electron chi connectivity index (χ1n) is 11.3. The van der Waals surface area contributed by atoms with E-state index >= 15 is 0 Å². The predicted molar refractivity (Wildman–Crippen MR) is 121 cm³/mol. The van der Waals surface area contributed by atoms with Crippen LogP contribution in [0.1, 0.15) is 18.4 Å². The van der Waals surface area contributed by atoms with Crippen molar-refractivity contribution >= 4 is 16.8 Å². The molecule has 2 aliphatic heterocycles. The van der Waals surface area contributed by atoms with Gasteiger partial charge in [0.1, 0.15) is 5.82 Å². The molecule has 2 atom stereocenters. The average Bonchev–Trinajstić information content (AvgIpc) is 3.21. The summed E-state index contributed by atoms with van der Waals surface area (Å²) in [7, 11) is 4.10. The largest absolute Gasteiger partial charge is 0.477 e. The molecule has 1 aromatic carbocycles. The molecule has 8 heteroatoms. The highest BCUT2D eigenvalue weighted by Crippen LogP contribution is 2.31. The van der Waals surface area contributed by atoms with Crippen molar-refractivity contribution in [2.75, 3.05) is 51.8 Å². The Kier molecular flexibility index (Phi) is 5.97. The lowest BCUT2D eigenvalue weighted by molar-refractivity contribution is 0.0716. The van der Waals surface area contributed by atoms with Crippen molar-refractivity contribution in [3.63, 3.8) is 0 Å². The summed E-state index contributed by atoms with van der Waals surface area (Å²) in [5.41, 5.74) is 1.82. The minimum atomic E-state index is -0.261. The monoisotopic (exact) mass is 439 g/mol. The summed E-state index contributed by atoms with van der Waals surface area (Å²) in [6.45, 7) is 5.31. The highest BCUT2D eigenvalue weighted by atomic mass is 19.1. The maximum atomic E-state index is 13.7. The number of benzene rings is 1. The van der Waals surface area contributed by atoms with E-state index in [1.807, 2.05) is 26.4 Å². The molecule has 3 aromatic rings. The molecule has 2 aromatic heterocycles. The number of hydrogen-bond acceptors (Lipinski definition) is 7. The fourth-order valence-electron chi connectivity index (χ4n) is 4.87. The van der Waals surface area contributed by atoms with E-state index in [1.165, 1.54) is 17.7 Å². The van der Waals surface area contributed by atoms with Crippen LogP contribution in [0, 0.1) is 11.7 Å². The summed E-state index contributed by atoms with van der Waals surface area (Å²) in [5, 5.41) is 4.99. The number of piperazine rings is 1. The Labute approximate surface area is 187 Å². The molecule has 0 radical (unpaired) electrons. The quantitative estimate of drug-likeness (QED) is 0.583. The van der Waals surface area contributed by atoms with Crippen LogP contribution in [0.25, 0.3) is 11.0 Å². The topological polar surface area (TPSA) is 57.9 Å². The zero-order valence-electron chi connectivity index (χ0n) is 18.7. The molecule has 170 valence electrons. The summed E-state index contributed by atoms with van der Waals surface area (Å²) in [5.74, 6) is 1.70. The van der Waals surface area contributed by atoms with Crippen LogP contribution in [0.5, 0.6) is 5.88 Å². The van der Waals surface area contributed by atoms with Gasteiger partial charge in [-0.1, -0.05) is 11.2 Å². The van der Waals surface area contributed by atoms with Gasteiger partial charge in [0, 0.05) is 56.9 Å². The lowest BCUT2D eigenvalue weighted by atomic mass is 9.91. The molecule has 4 heterocycles. The molecule has 0 spiro atoms. The summed E-state index contributed by atoms with van der Waals surface area (Å²) in [6.07, 6.45) is 4.14. The van der Waals surface area contributed by atoms with E-state index in [1.54, 1.807) is 6.07 Å². The molecule has 0 bridgehead atoms. The van der Waals surface area contributed by atoms with E-state index in [9.17, 15) is 4.39 Å². The fourth-order valence-corrected chi connectivity index (χ4v) is 4.87. The molecule has 2 fully saturated rings. The maximum Gasteiger partial charge on any atom is 0.213 e. The molecule has 7 nitrogen and oxygen atoms in total. The average molecular weight is 440 g/mol. The van der Waals surface area contributed by atoms with Crippen LogP contribution in [-0.2, 0) is 6.54 Å². The van der Waals surface area contributed by atoms with Gasteiger partial charge in [0.15, 0.2) is 11.4 Å². The second kappa shape index (κ2) is 9.03. The van der Waals surface area contributed by atoms with Crippen LogP contribution in [-0.4, -0.2) is 72.9 Å². The van der Waals surface area contributed by atoms with Crippen LogP contribution in [0.4, 0.5) is 10.2 Å². The lowest BCUT2D eigenvalue weighted by Crippen LogP contribution is -2.57. The first-order valence-corrected chi connectivity index (χ1v) is 11.3. The molecule has 2 aliphatic rings. The number of aromatic nitrogens is 2. The Hall–Kier alpha value is -2.71. The van der Waals surface area contributed by atoms with Gasteiger partial charge in [-0.3, -0.25) is 4.90 Å². The smallest absolute Gasteiger partial charge is 0.213 e. The molecule has 32 heavy (non-hydrogen) atoms. The van der Waals surface area contributed by atoms with Crippen molar-refractivity contribution in [1.82, 2.24) is 19.9 Å². The fraction of sp³-hybridized carbons (Fsp3) is 0.500. The van der Waals surface area contributed by atoms with Crippen LogP contribution in [0.15, 0.2) is 41.1 Å². The van der Waals surface area contributed by atoms with Gasteiger partial charge >= 0.3 is 0 Å². The molecule has 0 saturated carbocycles. The van der Waals surface area contributed by atoms with Crippen LogP contribution in [0.3, 0.4) is 0 Å². The van der Waals surface area contributed by atoms with Crippen molar-refractivity contribution in [2.45, 2.75) is 25.4 Å². The third-order valence-electron chi connectivity index (χ3n) is 6.48. The molecular weight excluding hydrogens is 409 g/mol. The van der Waals surface area contributed by atoms with Crippen LogP contribution >= 0.6 is 0 Å². The van der Waals surface area contributed by atoms with Crippen molar-refractivity contribution in [1.29, 1.82) is 0 Å². The Morgan fingerprint density at radius 3 is 2.88 bits per heavy atom. The van der Waals surface area contributed by atoms with Crippen LogP contribution < -0.4 is 9.64 Å². The van der Waals surface area contributed by atoms with Crippen molar-refractivity contribution in [3.05, 3.63) is 47.9 Å². The molecule has 0 aliphatic carbocycles. The molecule has 5 rings (SSSR count). The SMILES string of the molecule is CN(C)Cc1ccc(OC[C@@H]2CC[C@@H]3CN(c4noc5ccc(F)cc45)CCN3C2)nc1. The number of hydrogen-bond donors (Lipinski definition) is 0. The van der Waals surface area contributed by atoms with Gasteiger partial charge in [0.05, 0.1) is 12.0 Å². The van der Waals surface area contributed by atoms with Crippen LogP contribution in [0.2, 0.25) is 0 Å². The Morgan fingerprint density at radius 2 is 2.06 bits per heavy atom. The van der Waals surface area contributed by atoms with Crippen molar-refractivity contribution in [2.24, 2.45) is 5.92 Å². The number of halogens is 1. The number of fused-ring (bicyclic) bond motifs is 2. The number of rotatable bonds is 6. The summed E-state index contributed by atoms with van der Waals surface area (Å²) >= 11 is 0. The standard InChI is InChI=1S/C24H30FN5O2/c1-28(2)13-17-4-8-23(26-12-17)31-16-18-3-6-20-15-30(10-9-29(20)14-18)24-21-11-19(25)5-7-22(21)32-27-24/h4-5,7-8,11-12,18,20H,3,6,9-10,13-16H2,1-2H3/t18-,20-/m1/s1. The van der Waals surface area contributed by atoms with Crippen molar-refractivity contribution in [3.8, 4) is 5.88 Å². The first kappa shape index (κ1) is 21.2. The normalized spacial score (nSPS) is 21.8. The number of anilines is 1. The first-order chi connectivity index (χ1) is 15.5. The van der Waals surface area contributed by atoms with E-state index in [0.29, 0.717) is 30.0 Å². The van der Waals surface area contributed by atoms with Gasteiger partial charge in [-0.15, -0.1) is 0 Å². The minimum absolute atomic E-state index is 0.261. The molecule has 0 N–H and O–H groups in total. The molecular formula is C24H30FN5O2. The number of piperidine rings is 1. The summed E-state index contributed by atoms with van der Waals surface area (Å²) < 4.78 is 25.1. The van der Waals surface area contributed by atoms with Gasteiger partial charge in [0.25, 0.3) is 0 Å². The van der Waals surface area contributed by atoms with E-state index in [2.05, 4.69) is 30.9 Å². The number of pyridine rings is 1. The van der Waals surface area contributed by atoms with E-state index in [4.69, 9.17) is 9.26 Å². The lowest BCUT2D eigenvalue weighted by Gasteiger charge is -2.46. The Bertz CT molecular complexity index is 1050. The zero-order chi connectivity index (χ0) is 22.1. The summed E-state index contributed by atoms with van der Waals surface area (Å²) in [4.78, 5) is 11.4. The highest BCUT2D eigenvalue weighted by Gasteiger charge is 2.34. The van der Waals surface area contributed by atoms with E-state index in [0.717, 1.165) is 56.8 Å².